The molecule has 2 aromatic carbocycles. The Balaban J connectivity index is 2.10. The van der Waals surface area contributed by atoms with Crippen LogP contribution in [0.15, 0.2) is 42.5 Å². The lowest BCUT2D eigenvalue weighted by molar-refractivity contribution is -0.120. The molecule has 0 saturated carbocycles. The minimum atomic E-state index is -0.397. The van der Waals surface area contributed by atoms with Gasteiger partial charge in [-0.3, -0.25) is 9.59 Å². The van der Waals surface area contributed by atoms with Crippen LogP contribution in [-0.2, 0) is 9.59 Å². The van der Waals surface area contributed by atoms with E-state index in [9.17, 15) is 9.59 Å². The summed E-state index contributed by atoms with van der Waals surface area (Å²) in [6.07, 6.45) is 0.147. The summed E-state index contributed by atoms with van der Waals surface area (Å²) in [6, 6.07) is 12.5. The van der Waals surface area contributed by atoms with Crippen molar-refractivity contribution in [3.8, 4) is 0 Å². The van der Waals surface area contributed by atoms with Crippen LogP contribution in [0.4, 0.5) is 5.69 Å². The molecule has 0 fully saturated rings. The molecular weight excluding hydrogens is 324 g/mol. The Bertz CT molecular complexity index is 742. The molecule has 4 nitrogen and oxygen atoms in total. The molecule has 0 aliphatic carbocycles. The molecule has 0 saturated heterocycles. The molecule has 0 heterocycles. The number of rotatable bonds is 5. The largest absolute Gasteiger partial charge is 0.349 e. The van der Waals surface area contributed by atoms with Gasteiger partial charge in [-0.2, -0.15) is 0 Å². The molecule has 2 aromatic rings. The van der Waals surface area contributed by atoms with Gasteiger partial charge < -0.3 is 10.6 Å². The smallest absolute Gasteiger partial charge is 0.226 e. The molecule has 2 rings (SSSR count). The standard InChI is InChI=1S/C19H21ClN2O2/c1-12-4-9-17(10-13(12)2)22-19(24)11-18(21-14(3)23)15-5-7-16(20)8-6-15/h4-10,18H,11H2,1-3H3,(H,21,23)(H,22,24). The average molecular weight is 345 g/mol. The summed E-state index contributed by atoms with van der Waals surface area (Å²) in [4.78, 5) is 23.8. The fourth-order valence-electron chi connectivity index (χ4n) is 2.41. The molecule has 1 atom stereocenters. The van der Waals surface area contributed by atoms with E-state index in [1.54, 1.807) is 12.1 Å². The van der Waals surface area contributed by atoms with Crippen LogP contribution in [0.1, 0.15) is 36.1 Å². The van der Waals surface area contributed by atoms with Gasteiger partial charge in [-0.05, 0) is 54.8 Å². The molecule has 0 bridgehead atoms. The van der Waals surface area contributed by atoms with E-state index in [1.165, 1.54) is 12.5 Å². The fraction of sp³-hybridized carbons (Fsp3) is 0.263. The molecular formula is C19H21ClN2O2. The SMILES string of the molecule is CC(=O)NC(CC(=O)Nc1ccc(C)c(C)c1)c1ccc(Cl)cc1. The quantitative estimate of drug-likeness (QED) is 0.855. The highest BCUT2D eigenvalue weighted by Gasteiger charge is 2.17. The Morgan fingerprint density at radius 3 is 2.29 bits per heavy atom. The van der Waals surface area contributed by atoms with Crippen molar-refractivity contribution in [2.45, 2.75) is 33.2 Å². The number of anilines is 1. The second kappa shape index (κ2) is 7.97. The summed E-state index contributed by atoms with van der Waals surface area (Å²) in [5.41, 5.74) is 3.87. The van der Waals surface area contributed by atoms with Gasteiger partial charge in [-0.25, -0.2) is 0 Å². The van der Waals surface area contributed by atoms with Gasteiger partial charge in [0.05, 0.1) is 12.5 Å². The molecule has 0 aliphatic heterocycles. The maximum absolute atomic E-state index is 12.4. The number of halogens is 1. The minimum absolute atomic E-state index is 0.147. The number of aryl methyl sites for hydroxylation is 2. The summed E-state index contributed by atoms with van der Waals surface area (Å²) >= 11 is 5.90. The normalized spacial score (nSPS) is 11.7. The molecule has 0 aromatic heterocycles. The van der Waals surface area contributed by atoms with Gasteiger partial charge in [0, 0.05) is 17.6 Å². The van der Waals surface area contributed by atoms with Crippen LogP contribution in [-0.4, -0.2) is 11.8 Å². The fourth-order valence-corrected chi connectivity index (χ4v) is 2.54. The zero-order chi connectivity index (χ0) is 17.7. The summed E-state index contributed by atoms with van der Waals surface area (Å²) < 4.78 is 0. The number of carbonyl (C=O) groups excluding carboxylic acids is 2. The molecule has 0 aliphatic rings. The van der Waals surface area contributed by atoms with E-state index >= 15 is 0 Å². The van der Waals surface area contributed by atoms with Crippen LogP contribution in [0.2, 0.25) is 5.02 Å². The van der Waals surface area contributed by atoms with Gasteiger partial charge in [0.2, 0.25) is 11.8 Å². The number of carbonyl (C=O) groups is 2. The number of benzene rings is 2. The first-order valence-electron chi connectivity index (χ1n) is 7.75. The van der Waals surface area contributed by atoms with E-state index in [1.807, 2.05) is 44.2 Å². The Hall–Kier alpha value is -2.33. The summed E-state index contributed by atoms with van der Waals surface area (Å²) in [6.45, 7) is 5.46. The third kappa shape index (κ3) is 5.10. The minimum Gasteiger partial charge on any atom is -0.349 e. The summed E-state index contributed by atoms with van der Waals surface area (Å²) in [5, 5.41) is 6.30. The van der Waals surface area contributed by atoms with E-state index in [0.29, 0.717) is 5.02 Å². The Morgan fingerprint density at radius 2 is 1.71 bits per heavy atom. The van der Waals surface area contributed by atoms with Crippen molar-refractivity contribution in [3.63, 3.8) is 0 Å². The van der Waals surface area contributed by atoms with E-state index < -0.39 is 6.04 Å². The maximum Gasteiger partial charge on any atom is 0.226 e. The van der Waals surface area contributed by atoms with Crippen molar-refractivity contribution in [2.24, 2.45) is 0 Å². The van der Waals surface area contributed by atoms with Crippen LogP contribution in [0.5, 0.6) is 0 Å². The predicted octanol–water partition coefficient (Wildman–Crippen LogP) is 4.16. The number of amides is 2. The van der Waals surface area contributed by atoms with E-state index in [-0.39, 0.29) is 18.2 Å². The third-order valence-electron chi connectivity index (χ3n) is 3.83. The van der Waals surface area contributed by atoms with Crippen LogP contribution in [0.25, 0.3) is 0 Å². The highest BCUT2D eigenvalue weighted by Crippen LogP contribution is 2.21. The zero-order valence-corrected chi connectivity index (χ0v) is 14.8. The van der Waals surface area contributed by atoms with Crippen molar-refractivity contribution in [1.82, 2.24) is 5.32 Å². The molecule has 1 unspecified atom stereocenters. The Labute approximate surface area is 147 Å². The third-order valence-corrected chi connectivity index (χ3v) is 4.08. The first kappa shape index (κ1) is 18.0. The van der Waals surface area contributed by atoms with Crippen LogP contribution < -0.4 is 10.6 Å². The van der Waals surface area contributed by atoms with Crippen molar-refractivity contribution in [2.75, 3.05) is 5.32 Å². The first-order valence-corrected chi connectivity index (χ1v) is 8.12. The van der Waals surface area contributed by atoms with Gasteiger partial charge >= 0.3 is 0 Å². The second-order valence-corrected chi connectivity index (χ2v) is 6.29. The molecule has 2 amide bonds. The highest BCUT2D eigenvalue weighted by atomic mass is 35.5. The van der Waals surface area contributed by atoms with Crippen LogP contribution in [0, 0.1) is 13.8 Å². The number of nitrogens with one attached hydrogen (secondary N) is 2. The highest BCUT2D eigenvalue weighted by molar-refractivity contribution is 6.30. The summed E-state index contributed by atoms with van der Waals surface area (Å²) in [7, 11) is 0. The number of hydrogen-bond acceptors (Lipinski definition) is 2. The van der Waals surface area contributed by atoms with Gasteiger partial charge in [0.1, 0.15) is 0 Å². The topological polar surface area (TPSA) is 58.2 Å². The maximum atomic E-state index is 12.4. The molecule has 0 radical (unpaired) electrons. The molecule has 2 N–H and O–H groups in total. The monoisotopic (exact) mass is 344 g/mol. The second-order valence-electron chi connectivity index (χ2n) is 5.86. The lowest BCUT2D eigenvalue weighted by Crippen LogP contribution is -2.29. The van der Waals surface area contributed by atoms with Gasteiger partial charge in [0.25, 0.3) is 0 Å². The van der Waals surface area contributed by atoms with Crippen LogP contribution >= 0.6 is 11.6 Å². The van der Waals surface area contributed by atoms with Crippen molar-refractivity contribution in [3.05, 3.63) is 64.2 Å². The Kier molecular flexibility index (Phi) is 5.99. The van der Waals surface area contributed by atoms with E-state index in [2.05, 4.69) is 10.6 Å². The number of hydrogen-bond donors (Lipinski definition) is 2. The van der Waals surface area contributed by atoms with E-state index in [0.717, 1.165) is 16.8 Å². The Morgan fingerprint density at radius 1 is 1.04 bits per heavy atom. The van der Waals surface area contributed by atoms with Crippen molar-refractivity contribution in [1.29, 1.82) is 0 Å². The van der Waals surface area contributed by atoms with Gasteiger partial charge in [-0.15, -0.1) is 0 Å². The zero-order valence-electron chi connectivity index (χ0n) is 14.0. The molecule has 126 valence electrons. The van der Waals surface area contributed by atoms with Crippen molar-refractivity contribution < 1.29 is 9.59 Å². The van der Waals surface area contributed by atoms with Crippen molar-refractivity contribution >= 4 is 29.1 Å². The average Bonchev–Trinajstić information content (AvgIpc) is 2.50. The summed E-state index contributed by atoms with van der Waals surface area (Å²) in [5.74, 6) is -0.346. The first-order chi connectivity index (χ1) is 11.3. The molecule has 0 spiro atoms. The van der Waals surface area contributed by atoms with Gasteiger partial charge in [0.15, 0.2) is 0 Å². The van der Waals surface area contributed by atoms with Crippen LogP contribution in [0.3, 0.4) is 0 Å². The lowest BCUT2D eigenvalue weighted by atomic mass is 10.0. The molecule has 24 heavy (non-hydrogen) atoms. The van der Waals surface area contributed by atoms with Gasteiger partial charge in [-0.1, -0.05) is 29.8 Å². The molecule has 5 heteroatoms. The van der Waals surface area contributed by atoms with E-state index in [4.69, 9.17) is 11.6 Å². The lowest BCUT2D eigenvalue weighted by Gasteiger charge is -2.18. The predicted molar refractivity (Wildman–Crippen MR) is 97.2 cm³/mol.